The van der Waals surface area contributed by atoms with E-state index in [-0.39, 0.29) is 22.1 Å². The fourth-order valence-corrected chi connectivity index (χ4v) is 5.74. The zero-order valence-corrected chi connectivity index (χ0v) is 24.1. The average Bonchev–Trinajstić information content (AvgIpc) is 3.38. The summed E-state index contributed by atoms with van der Waals surface area (Å²) >= 11 is 13.9. The van der Waals surface area contributed by atoms with Crippen molar-refractivity contribution in [3.05, 3.63) is 105 Å². The Morgan fingerprint density at radius 3 is 2.34 bits per heavy atom. The molecule has 0 fully saturated rings. The van der Waals surface area contributed by atoms with E-state index in [1.807, 2.05) is 37.6 Å². The summed E-state index contributed by atoms with van der Waals surface area (Å²) in [4.78, 5) is 15.5. The van der Waals surface area contributed by atoms with Gasteiger partial charge in [0.15, 0.2) is 0 Å². The van der Waals surface area contributed by atoms with Crippen molar-refractivity contribution in [2.24, 2.45) is 0 Å². The minimum Gasteiger partial charge on any atom is -0.456 e. The van der Waals surface area contributed by atoms with Crippen LogP contribution in [0.5, 0.6) is 11.5 Å². The van der Waals surface area contributed by atoms with Crippen LogP contribution in [0.15, 0.2) is 88.5 Å². The SMILES string of the molecule is CC(C)(C)N(Cc1ccsc1)C(=O)c1cc(Cl)ccc1NS(=O)(=O)c1ccc(Oc2ccccc2Cl)cc1. The number of amides is 1. The summed E-state index contributed by atoms with van der Waals surface area (Å²) in [7, 11) is -4.03. The first-order valence-corrected chi connectivity index (χ1v) is 14.8. The highest BCUT2D eigenvalue weighted by molar-refractivity contribution is 7.92. The van der Waals surface area contributed by atoms with Gasteiger partial charge in [0.05, 0.1) is 21.2 Å². The molecule has 0 saturated carbocycles. The Bertz CT molecular complexity index is 1530. The van der Waals surface area contributed by atoms with Crippen molar-refractivity contribution in [3.8, 4) is 11.5 Å². The summed E-state index contributed by atoms with van der Waals surface area (Å²) in [6, 6.07) is 19.4. The van der Waals surface area contributed by atoms with Crippen LogP contribution in [0.2, 0.25) is 10.0 Å². The number of anilines is 1. The van der Waals surface area contributed by atoms with Crippen molar-refractivity contribution < 1.29 is 17.9 Å². The van der Waals surface area contributed by atoms with Crippen LogP contribution in [0, 0.1) is 0 Å². The van der Waals surface area contributed by atoms with Gasteiger partial charge in [0.25, 0.3) is 15.9 Å². The van der Waals surface area contributed by atoms with E-state index >= 15 is 0 Å². The van der Waals surface area contributed by atoms with E-state index in [0.29, 0.717) is 28.1 Å². The largest absolute Gasteiger partial charge is 0.456 e. The van der Waals surface area contributed by atoms with Crippen molar-refractivity contribution in [1.29, 1.82) is 0 Å². The minimum absolute atomic E-state index is 0.00306. The minimum atomic E-state index is -4.03. The molecule has 10 heteroatoms. The number of para-hydroxylation sites is 1. The maximum Gasteiger partial charge on any atom is 0.261 e. The fraction of sp³-hybridized carbons (Fsp3) is 0.179. The van der Waals surface area contributed by atoms with Crippen LogP contribution < -0.4 is 9.46 Å². The Morgan fingerprint density at radius 1 is 1.00 bits per heavy atom. The van der Waals surface area contributed by atoms with E-state index in [1.54, 1.807) is 40.5 Å². The van der Waals surface area contributed by atoms with Gasteiger partial charge in [-0.15, -0.1) is 0 Å². The van der Waals surface area contributed by atoms with Crippen LogP contribution >= 0.6 is 34.5 Å². The number of carbonyl (C=O) groups excluding carboxylic acids is 1. The lowest BCUT2D eigenvalue weighted by molar-refractivity contribution is 0.0560. The molecule has 198 valence electrons. The van der Waals surface area contributed by atoms with Crippen molar-refractivity contribution in [3.63, 3.8) is 0 Å². The normalized spacial score (nSPS) is 11.7. The summed E-state index contributed by atoms with van der Waals surface area (Å²) in [6.07, 6.45) is 0. The van der Waals surface area contributed by atoms with Crippen LogP contribution in [0.25, 0.3) is 0 Å². The Kier molecular flexibility index (Phi) is 8.37. The van der Waals surface area contributed by atoms with E-state index in [4.69, 9.17) is 27.9 Å². The molecule has 1 amide bonds. The van der Waals surface area contributed by atoms with E-state index in [2.05, 4.69) is 4.72 Å². The number of rotatable bonds is 8. The summed E-state index contributed by atoms with van der Waals surface area (Å²) in [5, 5.41) is 4.69. The smallest absolute Gasteiger partial charge is 0.261 e. The maximum absolute atomic E-state index is 13.8. The second kappa shape index (κ2) is 11.4. The van der Waals surface area contributed by atoms with Crippen LogP contribution in [-0.4, -0.2) is 24.8 Å². The number of halogens is 2. The number of ether oxygens (including phenoxy) is 1. The van der Waals surface area contributed by atoms with Gasteiger partial charge in [-0.25, -0.2) is 8.42 Å². The maximum atomic E-state index is 13.8. The molecular weight excluding hydrogens is 563 g/mol. The highest BCUT2D eigenvalue weighted by Gasteiger charge is 2.30. The van der Waals surface area contributed by atoms with Gasteiger partial charge in [-0.2, -0.15) is 11.3 Å². The molecule has 1 aromatic heterocycles. The lowest BCUT2D eigenvalue weighted by Gasteiger charge is -2.36. The Balaban J connectivity index is 1.60. The molecule has 1 N–H and O–H groups in total. The third-order valence-electron chi connectivity index (χ3n) is 5.63. The first-order valence-electron chi connectivity index (χ1n) is 11.6. The predicted molar refractivity (Wildman–Crippen MR) is 154 cm³/mol. The first kappa shape index (κ1) is 28.0. The molecule has 3 aromatic carbocycles. The number of hydrogen-bond acceptors (Lipinski definition) is 5. The monoisotopic (exact) mass is 588 g/mol. The van der Waals surface area contributed by atoms with Crippen molar-refractivity contribution in [2.75, 3.05) is 4.72 Å². The molecule has 0 spiro atoms. The van der Waals surface area contributed by atoms with Crippen LogP contribution in [-0.2, 0) is 16.6 Å². The van der Waals surface area contributed by atoms with Crippen molar-refractivity contribution in [2.45, 2.75) is 37.8 Å². The zero-order valence-electron chi connectivity index (χ0n) is 20.9. The highest BCUT2D eigenvalue weighted by atomic mass is 35.5. The molecule has 0 atom stereocenters. The van der Waals surface area contributed by atoms with Gasteiger partial charge in [0, 0.05) is 17.1 Å². The zero-order chi connectivity index (χ0) is 27.5. The molecule has 6 nitrogen and oxygen atoms in total. The quantitative estimate of drug-likeness (QED) is 0.225. The predicted octanol–water partition coefficient (Wildman–Crippen LogP) is 8.09. The van der Waals surface area contributed by atoms with Gasteiger partial charge < -0.3 is 9.64 Å². The first-order chi connectivity index (χ1) is 17.9. The number of carbonyl (C=O) groups is 1. The average molecular weight is 590 g/mol. The molecule has 0 radical (unpaired) electrons. The summed E-state index contributed by atoms with van der Waals surface area (Å²) < 4.78 is 34.9. The third-order valence-corrected chi connectivity index (χ3v) is 8.29. The lowest BCUT2D eigenvalue weighted by atomic mass is 10.0. The van der Waals surface area contributed by atoms with E-state index in [1.165, 1.54) is 42.5 Å². The molecule has 4 rings (SSSR count). The molecule has 0 unspecified atom stereocenters. The van der Waals surface area contributed by atoms with Gasteiger partial charge in [-0.1, -0.05) is 35.3 Å². The summed E-state index contributed by atoms with van der Waals surface area (Å²) in [6.45, 7) is 6.16. The molecule has 0 aliphatic carbocycles. The van der Waals surface area contributed by atoms with E-state index < -0.39 is 15.6 Å². The third kappa shape index (κ3) is 6.69. The number of thiophene rings is 1. The van der Waals surface area contributed by atoms with Crippen LogP contribution in [0.3, 0.4) is 0 Å². The molecule has 0 aliphatic heterocycles. The highest BCUT2D eigenvalue weighted by Crippen LogP contribution is 2.31. The standard InChI is InChI=1S/C28H26Cl2N2O4S2/c1-28(2,3)32(17-19-14-15-37-18-19)27(33)23-16-20(29)8-13-25(23)31-38(34,35)22-11-9-21(10-12-22)36-26-7-5-4-6-24(26)30/h4-16,18,31H,17H2,1-3H3. The van der Waals surface area contributed by atoms with Crippen LogP contribution in [0.1, 0.15) is 36.7 Å². The summed E-state index contributed by atoms with van der Waals surface area (Å²) in [5.74, 6) is 0.541. The van der Waals surface area contributed by atoms with Gasteiger partial charge in [0.1, 0.15) is 11.5 Å². The van der Waals surface area contributed by atoms with Crippen molar-refractivity contribution in [1.82, 2.24) is 4.90 Å². The molecule has 1 heterocycles. The van der Waals surface area contributed by atoms with Crippen molar-refractivity contribution >= 4 is 56.2 Å². The van der Waals surface area contributed by atoms with Crippen LogP contribution in [0.4, 0.5) is 5.69 Å². The lowest BCUT2D eigenvalue weighted by Crippen LogP contribution is -2.45. The number of hydrogen-bond donors (Lipinski definition) is 1. The molecule has 4 aromatic rings. The Labute approximate surface area is 236 Å². The number of nitrogens with zero attached hydrogens (tertiary/aromatic N) is 1. The second-order valence-corrected chi connectivity index (χ2v) is 12.8. The molecule has 0 bridgehead atoms. The van der Waals surface area contributed by atoms with Gasteiger partial charge in [-0.3, -0.25) is 9.52 Å². The Morgan fingerprint density at radius 2 is 1.71 bits per heavy atom. The van der Waals surface area contributed by atoms with E-state index in [0.717, 1.165) is 5.56 Å². The van der Waals surface area contributed by atoms with Gasteiger partial charge in [0.2, 0.25) is 0 Å². The second-order valence-electron chi connectivity index (χ2n) is 9.49. The number of benzene rings is 3. The van der Waals surface area contributed by atoms with Gasteiger partial charge >= 0.3 is 0 Å². The fourth-order valence-electron chi connectivity index (χ4n) is 3.65. The topological polar surface area (TPSA) is 75.7 Å². The molecule has 0 aliphatic rings. The number of sulfonamides is 1. The summed E-state index contributed by atoms with van der Waals surface area (Å²) in [5.41, 5.74) is 0.747. The molecule has 38 heavy (non-hydrogen) atoms. The molecular formula is C28H26Cl2N2O4S2. The van der Waals surface area contributed by atoms with E-state index in [9.17, 15) is 13.2 Å². The van der Waals surface area contributed by atoms with Gasteiger partial charge in [-0.05, 0) is 97.8 Å². The number of nitrogens with one attached hydrogen (secondary N) is 1. The molecule has 0 saturated heterocycles. The Hall–Kier alpha value is -3.04.